The molecule has 0 saturated carbocycles. The first kappa shape index (κ1) is 18.1. The molecule has 0 amide bonds. The van der Waals surface area contributed by atoms with Crippen LogP contribution in [0, 0.1) is 13.0 Å². The largest absolute Gasteiger partial charge is 0.221 e. The Hall–Kier alpha value is -1.29. The molecule has 0 N–H and O–H groups in total. The van der Waals surface area contributed by atoms with Crippen molar-refractivity contribution in [1.82, 2.24) is 0 Å². The van der Waals surface area contributed by atoms with E-state index in [1.165, 1.54) is 5.56 Å². The average molecular weight is 396 g/mol. The molecular formula is C19H15O2SY-. The molecule has 3 aromatic carbocycles. The van der Waals surface area contributed by atoms with Gasteiger partial charge in [0.25, 0.3) is 0 Å². The van der Waals surface area contributed by atoms with Gasteiger partial charge in [-0.3, -0.25) is 0 Å². The van der Waals surface area contributed by atoms with E-state index in [2.05, 4.69) is 6.07 Å². The maximum Gasteiger partial charge on any atom is 0.184 e. The Bertz CT molecular complexity index is 869. The first-order valence-electron chi connectivity index (χ1n) is 6.96. The van der Waals surface area contributed by atoms with Crippen molar-refractivity contribution in [1.29, 1.82) is 0 Å². The standard InChI is InChI=1S/C19H15O2S.Y/c1-15-7-9-16(10-8-15)17-11-13-19(14-12-17)22(20,21)18-5-3-2-4-6-18;/h3-14H,1H3;/q-1;. The molecule has 0 heterocycles. The van der Waals surface area contributed by atoms with E-state index in [0.717, 1.165) is 11.1 Å². The third kappa shape index (κ3) is 3.98. The van der Waals surface area contributed by atoms with Crippen molar-refractivity contribution in [2.45, 2.75) is 16.7 Å². The Balaban J connectivity index is 0.00000192. The van der Waals surface area contributed by atoms with Crippen molar-refractivity contribution in [3.8, 4) is 11.1 Å². The molecule has 0 unspecified atom stereocenters. The fourth-order valence-corrected chi connectivity index (χ4v) is 3.52. The van der Waals surface area contributed by atoms with Gasteiger partial charge in [-0.25, -0.2) is 8.42 Å². The van der Waals surface area contributed by atoms with Gasteiger partial charge < -0.3 is 0 Å². The van der Waals surface area contributed by atoms with Crippen LogP contribution in [0.15, 0.2) is 82.6 Å². The Kier molecular flexibility index (Phi) is 5.91. The quantitative estimate of drug-likeness (QED) is 0.619. The number of hydrogen-bond donors (Lipinski definition) is 0. The van der Waals surface area contributed by atoms with Crippen molar-refractivity contribution >= 4 is 9.84 Å². The van der Waals surface area contributed by atoms with Crippen LogP contribution in [0.4, 0.5) is 0 Å². The van der Waals surface area contributed by atoms with Gasteiger partial charge in [-0.2, -0.15) is 30.3 Å². The Morgan fingerprint density at radius 2 is 1.13 bits per heavy atom. The summed E-state index contributed by atoms with van der Waals surface area (Å²) in [5.74, 6) is 0. The van der Waals surface area contributed by atoms with Gasteiger partial charge in [-0.05, 0) is 35.1 Å². The van der Waals surface area contributed by atoms with Gasteiger partial charge in [-0.15, -0.1) is 0 Å². The second-order valence-corrected chi connectivity index (χ2v) is 7.08. The molecule has 3 aromatic rings. The number of sulfone groups is 1. The smallest absolute Gasteiger partial charge is 0.184 e. The van der Waals surface area contributed by atoms with Crippen molar-refractivity contribution in [3.63, 3.8) is 0 Å². The van der Waals surface area contributed by atoms with Gasteiger partial charge in [0.15, 0.2) is 9.84 Å². The molecular weight excluding hydrogens is 381 g/mol. The summed E-state index contributed by atoms with van der Waals surface area (Å²) < 4.78 is 25.0. The van der Waals surface area contributed by atoms with Crippen LogP contribution in [-0.4, -0.2) is 8.42 Å². The molecule has 0 spiro atoms. The van der Waals surface area contributed by atoms with Gasteiger partial charge in [0.05, 0.1) is 4.90 Å². The van der Waals surface area contributed by atoms with E-state index < -0.39 is 9.84 Å². The van der Waals surface area contributed by atoms with Crippen LogP contribution in [0.3, 0.4) is 0 Å². The van der Waals surface area contributed by atoms with Gasteiger partial charge >= 0.3 is 0 Å². The zero-order chi connectivity index (χ0) is 15.6. The van der Waals surface area contributed by atoms with E-state index in [4.69, 9.17) is 0 Å². The fourth-order valence-electron chi connectivity index (χ4n) is 2.26. The normalized spacial score (nSPS) is 10.8. The van der Waals surface area contributed by atoms with Crippen LogP contribution in [0.2, 0.25) is 0 Å². The van der Waals surface area contributed by atoms with Crippen LogP contribution >= 0.6 is 0 Å². The van der Waals surface area contributed by atoms with Crippen molar-refractivity contribution in [2.24, 2.45) is 0 Å². The van der Waals surface area contributed by atoms with E-state index in [9.17, 15) is 8.42 Å². The van der Waals surface area contributed by atoms with Gasteiger partial charge in [0, 0.05) is 32.7 Å². The predicted molar refractivity (Wildman–Crippen MR) is 87.3 cm³/mol. The molecule has 23 heavy (non-hydrogen) atoms. The minimum Gasteiger partial charge on any atom is -0.221 e. The fraction of sp³-hybridized carbons (Fsp3) is 0.0526. The van der Waals surface area contributed by atoms with Crippen molar-refractivity contribution < 1.29 is 41.1 Å². The Morgan fingerprint density at radius 1 is 0.696 bits per heavy atom. The topological polar surface area (TPSA) is 34.1 Å². The molecule has 0 saturated heterocycles. The number of benzene rings is 3. The molecule has 0 aliphatic rings. The Labute approximate surface area is 162 Å². The van der Waals surface area contributed by atoms with Crippen molar-refractivity contribution in [2.75, 3.05) is 0 Å². The van der Waals surface area contributed by atoms with Crippen LogP contribution in [0.1, 0.15) is 5.56 Å². The minimum atomic E-state index is -3.46. The third-order valence-corrected chi connectivity index (χ3v) is 5.33. The van der Waals surface area contributed by atoms with Gasteiger partial charge in [-0.1, -0.05) is 42.0 Å². The van der Waals surface area contributed by atoms with Crippen molar-refractivity contribution in [3.05, 3.63) is 84.4 Å². The van der Waals surface area contributed by atoms with Crippen LogP contribution in [0.25, 0.3) is 11.1 Å². The van der Waals surface area contributed by atoms with Gasteiger partial charge in [0.1, 0.15) is 0 Å². The third-order valence-electron chi connectivity index (χ3n) is 3.55. The molecule has 3 rings (SSSR count). The maximum absolute atomic E-state index is 12.5. The van der Waals surface area contributed by atoms with E-state index in [-0.39, 0.29) is 37.6 Å². The molecule has 0 aromatic heterocycles. The van der Waals surface area contributed by atoms with E-state index in [1.807, 2.05) is 43.3 Å². The monoisotopic (exact) mass is 396 g/mol. The first-order valence-corrected chi connectivity index (χ1v) is 8.44. The van der Waals surface area contributed by atoms with E-state index in [1.54, 1.807) is 36.4 Å². The minimum absolute atomic E-state index is 0. The Morgan fingerprint density at radius 3 is 1.65 bits per heavy atom. The summed E-state index contributed by atoms with van der Waals surface area (Å²) in [6.45, 7) is 2.04. The molecule has 113 valence electrons. The predicted octanol–water partition coefficient (Wildman–Crippen LogP) is 4.29. The zero-order valence-electron chi connectivity index (χ0n) is 12.7. The molecule has 0 aliphatic carbocycles. The SMILES string of the molecule is Cc1ccc(-c2ccc(S(=O)(=O)c3cc[c-]cc3)cc2)cc1.[Y]. The van der Waals surface area contributed by atoms with Crippen LogP contribution in [0.5, 0.6) is 0 Å². The molecule has 0 fully saturated rings. The van der Waals surface area contributed by atoms with E-state index in [0.29, 0.717) is 4.90 Å². The average Bonchev–Trinajstić information content (AvgIpc) is 2.56. The summed E-state index contributed by atoms with van der Waals surface area (Å²) in [7, 11) is -3.46. The molecule has 0 atom stereocenters. The molecule has 4 heteroatoms. The first-order chi connectivity index (χ1) is 10.6. The molecule has 0 bridgehead atoms. The summed E-state index contributed by atoms with van der Waals surface area (Å²) in [4.78, 5) is 0.587. The number of hydrogen-bond acceptors (Lipinski definition) is 2. The van der Waals surface area contributed by atoms with E-state index >= 15 is 0 Å². The van der Waals surface area contributed by atoms with Crippen LogP contribution in [-0.2, 0) is 42.5 Å². The summed E-state index contributed by atoms with van der Waals surface area (Å²) in [6.07, 6.45) is 0. The zero-order valence-corrected chi connectivity index (χ0v) is 16.4. The summed E-state index contributed by atoms with van der Waals surface area (Å²) >= 11 is 0. The maximum atomic E-state index is 12.5. The second kappa shape index (κ2) is 7.52. The number of aryl methyl sites for hydroxylation is 1. The molecule has 2 nitrogen and oxygen atoms in total. The second-order valence-electron chi connectivity index (χ2n) is 5.13. The summed E-state index contributed by atoms with van der Waals surface area (Å²) in [5, 5.41) is 0. The van der Waals surface area contributed by atoms with Crippen LogP contribution < -0.4 is 0 Å². The summed E-state index contributed by atoms with van der Waals surface area (Å²) in [5.41, 5.74) is 3.27. The number of rotatable bonds is 3. The molecule has 0 aliphatic heterocycles. The summed E-state index contributed by atoms with van der Waals surface area (Å²) in [6, 6.07) is 24.3. The van der Waals surface area contributed by atoms with Gasteiger partial charge in [0.2, 0.25) is 0 Å². The molecule has 1 radical (unpaired) electrons.